The van der Waals surface area contributed by atoms with E-state index in [-0.39, 0.29) is 17.7 Å². The van der Waals surface area contributed by atoms with Crippen LogP contribution in [0.3, 0.4) is 0 Å². The Kier molecular flexibility index (Phi) is 6.39. The quantitative estimate of drug-likeness (QED) is 0.312. The third-order valence-corrected chi connectivity index (χ3v) is 7.41. The van der Waals surface area contributed by atoms with Crippen LogP contribution < -0.4 is 10.6 Å². The van der Waals surface area contributed by atoms with E-state index in [0.717, 1.165) is 53.2 Å². The van der Waals surface area contributed by atoms with Crippen molar-refractivity contribution >= 4 is 39.8 Å². The van der Waals surface area contributed by atoms with Gasteiger partial charge in [0.05, 0.1) is 12.3 Å². The Balaban J connectivity index is 1.62. The van der Waals surface area contributed by atoms with Gasteiger partial charge in [0, 0.05) is 26.9 Å². The first-order valence-corrected chi connectivity index (χ1v) is 12.5. The highest BCUT2D eigenvalue weighted by Gasteiger charge is 2.29. The summed E-state index contributed by atoms with van der Waals surface area (Å²) >= 11 is 7.86. The van der Waals surface area contributed by atoms with Gasteiger partial charge in [0.2, 0.25) is 5.95 Å². The lowest BCUT2D eigenvalue weighted by Gasteiger charge is -2.24. The van der Waals surface area contributed by atoms with Crippen molar-refractivity contribution in [1.29, 1.82) is 0 Å². The maximum atomic E-state index is 12.9. The summed E-state index contributed by atoms with van der Waals surface area (Å²) in [5.41, 5.74) is 5.16. The molecule has 34 heavy (non-hydrogen) atoms. The normalized spacial score (nSPS) is 13.9. The first-order chi connectivity index (χ1) is 16.5. The molecule has 1 aliphatic rings. The molecule has 1 aromatic carbocycles. The summed E-state index contributed by atoms with van der Waals surface area (Å²) in [5.74, 6) is 0.574. The van der Waals surface area contributed by atoms with E-state index in [9.17, 15) is 4.79 Å². The summed E-state index contributed by atoms with van der Waals surface area (Å²) in [4.78, 5) is 23.5. The number of aryl methyl sites for hydroxylation is 3. The molecule has 0 unspecified atom stereocenters. The minimum absolute atomic E-state index is 0.261. The van der Waals surface area contributed by atoms with E-state index >= 15 is 0 Å². The van der Waals surface area contributed by atoms with Crippen LogP contribution in [0.4, 0.5) is 10.9 Å². The van der Waals surface area contributed by atoms with Crippen molar-refractivity contribution in [3.8, 4) is 0 Å². The van der Waals surface area contributed by atoms with Gasteiger partial charge in [0.25, 0.3) is 5.91 Å². The Morgan fingerprint density at radius 2 is 1.82 bits per heavy atom. The summed E-state index contributed by atoms with van der Waals surface area (Å²) in [7, 11) is 0. The maximum absolute atomic E-state index is 12.9. The molecule has 2 N–H and O–H groups in total. The highest BCUT2D eigenvalue weighted by molar-refractivity contribution is 7.16. The largest absolute Gasteiger partial charge is 0.459 e. The van der Waals surface area contributed by atoms with Gasteiger partial charge < -0.3 is 15.1 Å². The van der Waals surface area contributed by atoms with E-state index in [1.165, 1.54) is 16.7 Å². The average Bonchev–Trinajstić information content (AvgIpc) is 3.46. The van der Waals surface area contributed by atoms with Gasteiger partial charge in [-0.3, -0.25) is 4.79 Å². The van der Waals surface area contributed by atoms with Gasteiger partial charge in [-0.15, -0.1) is 11.3 Å². The lowest BCUT2D eigenvalue weighted by Crippen LogP contribution is -2.19. The smallest absolute Gasteiger partial charge is 0.291 e. The highest BCUT2D eigenvalue weighted by Crippen LogP contribution is 2.44. The van der Waals surface area contributed by atoms with Crippen LogP contribution in [0.1, 0.15) is 62.4 Å². The molecule has 174 valence electrons. The second-order valence-corrected chi connectivity index (χ2v) is 10.0. The highest BCUT2D eigenvalue weighted by atomic mass is 35.5. The monoisotopic (exact) mass is 492 g/mol. The number of carbonyl (C=O) groups is 1. The van der Waals surface area contributed by atoms with Crippen molar-refractivity contribution in [2.24, 2.45) is 0 Å². The molecular weight excluding hydrogens is 468 g/mol. The van der Waals surface area contributed by atoms with E-state index in [0.29, 0.717) is 11.0 Å². The number of halogens is 1. The number of anilines is 2. The summed E-state index contributed by atoms with van der Waals surface area (Å²) < 4.78 is 5.33. The number of hydrogen-bond donors (Lipinski definition) is 2. The molecular formula is C26H25ClN4O2S. The molecule has 8 heteroatoms. The molecule has 0 bridgehead atoms. The Bertz CT molecular complexity index is 1300. The van der Waals surface area contributed by atoms with E-state index in [1.807, 2.05) is 44.2 Å². The molecule has 0 radical (unpaired) electrons. The van der Waals surface area contributed by atoms with Gasteiger partial charge in [-0.25, -0.2) is 9.97 Å². The van der Waals surface area contributed by atoms with Crippen molar-refractivity contribution in [2.75, 3.05) is 10.6 Å². The number of carbonyl (C=O) groups excluding carboxylic acids is 1. The summed E-state index contributed by atoms with van der Waals surface area (Å²) in [6.07, 6.45) is 5.76. The fourth-order valence-corrected chi connectivity index (χ4v) is 5.91. The van der Waals surface area contributed by atoms with E-state index in [4.69, 9.17) is 16.0 Å². The number of nitrogens with zero attached hydrogens (tertiary/aromatic N) is 2. The van der Waals surface area contributed by atoms with Crippen LogP contribution in [-0.4, -0.2) is 15.9 Å². The standard InChI is InChI=1S/C26H25ClN4O2S/c1-15-14-16(2)29-26(28-15)30-23(17-9-11-18(27)12-10-17)22-19-6-3-4-8-21(19)34-25(22)31-24(32)20-7-5-13-33-20/h5,7,9-14,23H,3-4,6,8H2,1-2H3,(H,31,32)(H,28,29,30)/t23-/m0/s1. The van der Waals surface area contributed by atoms with Crippen LogP contribution in [-0.2, 0) is 12.8 Å². The zero-order valence-corrected chi connectivity index (χ0v) is 20.6. The zero-order chi connectivity index (χ0) is 23.7. The van der Waals surface area contributed by atoms with Gasteiger partial charge in [-0.05, 0) is 81.0 Å². The second kappa shape index (κ2) is 9.60. The van der Waals surface area contributed by atoms with Crippen LogP contribution in [0.5, 0.6) is 0 Å². The first kappa shape index (κ1) is 22.6. The Morgan fingerprint density at radius 3 is 2.53 bits per heavy atom. The molecule has 1 aliphatic carbocycles. The molecule has 6 nitrogen and oxygen atoms in total. The van der Waals surface area contributed by atoms with Gasteiger partial charge in [0.15, 0.2) is 5.76 Å². The Labute approximate surface area is 207 Å². The van der Waals surface area contributed by atoms with Crippen molar-refractivity contribution in [3.63, 3.8) is 0 Å². The van der Waals surface area contributed by atoms with Crippen LogP contribution in [0, 0.1) is 13.8 Å². The van der Waals surface area contributed by atoms with E-state index in [1.54, 1.807) is 23.5 Å². The van der Waals surface area contributed by atoms with Crippen molar-refractivity contribution in [1.82, 2.24) is 9.97 Å². The third kappa shape index (κ3) is 4.72. The predicted octanol–water partition coefficient (Wildman–Crippen LogP) is 6.73. The molecule has 0 saturated carbocycles. The number of benzene rings is 1. The summed E-state index contributed by atoms with van der Waals surface area (Å²) in [5, 5.41) is 8.18. The Hall–Kier alpha value is -3.16. The van der Waals surface area contributed by atoms with Crippen LogP contribution in [0.25, 0.3) is 0 Å². The van der Waals surface area contributed by atoms with Crippen LogP contribution >= 0.6 is 22.9 Å². The number of hydrogen-bond acceptors (Lipinski definition) is 6. The second-order valence-electron chi connectivity index (χ2n) is 8.49. The summed E-state index contributed by atoms with van der Waals surface area (Å²) in [6.45, 7) is 3.91. The van der Waals surface area contributed by atoms with E-state index in [2.05, 4.69) is 20.6 Å². The minimum atomic E-state index is -0.262. The summed E-state index contributed by atoms with van der Waals surface area (Å²) in [6, 6.07) is 12.8. The number of aromatic nitrogens is 2. The molecule has 5 rings (SSSR count). The molecule has 4 aromatic rings. The Morgan fingerprint density at radius 1 is 1.09 bits per heavy atom. The fourth-order valence-electron chi connectivity index (χ4n) is 4.46. The molecule has 0 aliphatic heterocycles. The molecule has 3 heterocycles. The molecule has 0 spiro atoms. The number of nitrogens with one attached hydrogen (secondary N) is 2. The van der Waals surface area contributed by atoms with Gasteiger partial charge in [-0.1, -0.05) is 23.7 Å². The zero-order valence-electron chi connectivity index (χ0n) is 19.0. The molecule has 3 aromatic heterocycles. The van der Waals surface area contributed by atoms with Crippen LogP contribution in [0.15, 0.2) is 53.1 Å². The number of furan rings is 1. The molecule has 0 saturated heterocycles. The molecule has 1 amide bonds. The van der Waals surface area contributed by atoms with Crippen molar-refractivity contribution in [3.05, 3.63) is 92.5 Å². The van der Waals surface area contributed by atoms with E-state index < -0.39 is 0 Å². The maximum Gasteiger partial charge on any atom is 0.291 e. The predicted molar refractivity (Wildman–Crippen MR) is 136 cm³/mol. The SMILES string of the molecule is Cc1cc(C)nc(N[C@@H](c2ccc(Cl)cc2)c2c(NC(=O)c3ccco3)sc3c2CCCC3)n1. The third-order valence-electron chi connectivity index (χ3n) is 5.93. The molecule has 1 atom stereocenters. The number of thiophene rings is 1. The number of fused-ring (bicyclic) bond motifs is 1. The number of amides is 1. The van der Waals surface area contributed by atoms with Crippen LogP contribution in [0.2, 0.25) is 5.02 Å². The number of rotatable bonds is 6. The fraction of sp³-hybridized carbons (Fsp3) is 0.269. The van der Waals surface area contributed by atoms with Gasteiger partial charge in [0.1, 0.15) is 5.00 Å². The lowest BCUT2D eigenvalue weighted by atomic mass is 9.89. The van der Waals surface area contributed by atoms with Crippen molar-refractivity contribution in [2.45, 2.75) is 45.6 Å². The first-order valence-electron chi connectivity index (χ1n) is 11.3. The topological polar surface area (TPSA) is 80.0 Å². The average molecular weight is 493 g/mol. The molecule has 0 fully saturated rings. The minimum Gasteiger partial charge on any atom is -0.459 e. The van der Waals surface area contributed by atoms with Gasteiger partial charge >= 0.3 is 0 Å². The lowest BCUT2D eigenvalue weighted by molar-refractivity contribution is 0.0997. The van der Waals surface area contributed by atoms with Crippen molar-refractivity contribution < 1.29 is 9.21 Å². The van der Waals surface area contributed by atoms with Gasteiger partial charge in [-0.2, -0.15) is 0 Å².